The Hall–Kier alpha value is -2.28. The van der Waals surface area contributed by atoms with Crippen LogP contribution in [0.15, 0.2) is 24.5 Å². The SMILES string of the molecule is CCc1cccnc1CNC(=O)Cn1cc(CN)nn1. The summed E-state index contributed by atoms with van der Waals surface area (Å²) in [7, 11) is 0. The quantitative estimate of drug-likeness (QED) is 0.773. The van der Waals surface area contributed by atoms with Crippen molar-refractivity contribution in [2.45, 2.75) is 33.0 Å². The number of nitrogens with one attached hydrogen (secondary N) is 1. The molecule has 0 saturated carbocycles. The minimum absolute atomic E-state index is 0.126. The van der Waals surface area contributed by atoms with Gasteiger partial charge in [0.2, 0.25) is 5.91 Å². The standard InChI is InChI=1S/C13H18N6O/c1-2-10-4-3-5-15-12(10)7-16-13(20)9-19-8-11(6-14)17-18-19/h3-5,8H,2,6-7,9,14H2,1H3,(H,16,20). The molecule has 0 aliphatic heterocycles. The number of rotatable bonds is 6. The lowest BCUT2D eigenvalue weighted by atomic mass is 10.1. The van der Waals surface area contributed by atoms with Crippen molar-refractivity contribution in [1.29, 1.82) is 0 Å². The van der Waals surface area contributed by atoms with Gasteiger partial charge < -0.3 is 11.1 Å². The molecule has 0 saturated heterocycles. The van der Waals surface area contributed by atoms with Crippen molar-refractivity contribution in [1.82, 2.24) is 25.3 Å². The van der Waals surface area contributed by atoms with Crippen LogP contribution in [0, 0.1) is 0 Å². The van der Waals surface area contributed by atoms with Gasteiger partial charge in [-0.15, -0.1) is 5.10 Å². The Balaban J connectivity index is 1.88. The maximum Gasteiger partial charge on any atom is 0.242 e. The summed E-state index contributed by atoms with van der Waals surface area (Å²) in [5.74, 6) is -0.133. The van der Waals surface area contributed by atoms with Crippen LogP contribution in [0.2, 0.25) is 0 Å². The van der Waals surface area contributed by atoms with E-state index in [1.54, 1.807) is 12.4 Å². The van der Waals surface area contributed by atoms with Gasteiger partial charge in [-0.2, -0.15) is 0 Å². The van der Waals surface area contributed by atoms with Crippen LogP contribution < -0.4 is 11.1 Å². The maximum atomic E-state index is 11.8. The summed E-state index contributed by atoms with van der Waals surface area (Å²) < 4.78 is 1.47. The Morgan fingerprint density at radius 3 is 3.05 bits per heavy atom. The molecule has 2 heterocycles. The molecule has 2 rings (SSSR count). The minimum atomic E-state index is -0.133. The first kappa shape index (κ1) is 14.1. The number of amides is 1. The first-order valence-electron chi connectivity index (χ1n) is 6.51. The summed E-state index contributed by atoms with van der Waals surface area (Å²) in [6.45, 7) is 2.92. The van der Waals surface area contributed by atoms with Crippen molar-refractivity contribution in [2.24, 2.45) is 5.73 Å². The van der Waals surface area contributed by atoms with E-state index in [1.807, 2.05) is 12.1 Å². The van der Waals surface area contributed by atoms with Crippen molar-refractivity contribution < 1.29 is 4.79 Å². The lowest BCUT2D eigenvalue weighted by molar-refractivity contribution is -0.122. The van der Waals surface area contributed by atoms with E-state index in [9.17, 15) is 4.79 Å². The van der Waals surface area contributed by atoms with Gasteiger partial charge in [0.05, 0.1) is 24.1 Å². The van der Waals surface area contributed by atoms with Crippen molar-refractivity contribution in [3.05, 3.63) is 41.5 Å². The second kappa shape index (κ2) is 6.76. The molecule has 7 nitrogen and oxygen atoms in total. The fourth-order valence-corrected chi connectivity index (χ4v) is 1.85. The number of pyridine rings is 1. The van der Waals surface area contributed by atoms with Crippen molar-refractivity contribution in [2.75, 3.05) is 0 Å². The molecule has 0 atom stereocenters. The van der Waals surface area contributed by atoms with E-state index in [0.717, 1.165) is 17.7 Å². The highest BCUT2D eigenvalue weighted by Crippen LogP contribution is 2.05. The number of hydrogen-bond donors (Lipinski definition) is 2. The molecule has 2 aromatic rings. The maximum absolute atomic E-state index is 11.8. The molecule has 0 aromatic carbocycles. The molecule has 106 valence electrons. The number of carbonyl (C=O) groups excluding carboxylic acids is 1. The predicted octanol–water partition coefficient (Wildman–Crippen LogP) is 0.0106. The first-order chi connectivity index (χ1) is 9.72. The van der Waals surface area contributed by atoms with E-state index in [0.29, 0.717) is 18.8 Å². The van der Waals surface area contributed by atoms with Gasteiger partial charge in [0, 0.05) is 12.7 Å². The third kappa shape index (κ3) is 3.61. The number of aryl methyl sites for hydroxylation is 1. The second-order valence-corrected chi connectivity index (χ2v) is 4.35. The normalized spacial score (nSPS) is 10.5. The Morgan fingerprint density at radius 2 is 2.35 bits per heavy atom. The monoisotopic (exact) mass is 274 g/mol. The van der Waals surface area contributed by atoms with E-state index < -0.39 is 0 Å². The number of nitrogens with two attached hydrogens (primary N) is 1. The largest absolute Gasteiger partial charge is 0.349 e. The van der Waals surface area contributed by atoms with Gasteiger partial charge in [0.25, 0.3) is 0 Å². The van der Waals surface area contributed by atoms with E-state index in [4.69, 9.17) is 5.73 Å². The molecule has 0 bridgehead atoms. The van der Waals surface area contributed by atoms with Crippen LogP contribution in [0.25, 0.3) is 0 Å². The van der Waals surface area contributed by atoms with Gasteiger partial charge in [0.15, 0.2) is 0 Å². The third-order valence-corrected chi connectivity index (χ3v) is 2.92. The fraction of sp³-hybridized carbons (Fsp3) is 0.385. The summed E-state index contributed by atoms with van der Waals surface area (Å²) in [4.78, 5) is 16.1. The summed E-state index contributed by atoms with van der Waals surface area (Å²) in [6, 6.07) is 3.91. The molecule has 2 aromatic heterocycles. The average molecular weight is 274 g/mol. The predicted molar refractivity (Wildman–Crippen MR) is 73.4 cm³/mol. The molecule has 0 radical (unpaired) electrons. The molecule has 0 aliphatic rings. The van der Waals surface area contributed by atoms with Crippen molar-refractivity contribution in [3.63, 3.8) is 0 Å². The lowest BCUT2D eigenvalue weighted by Crippen LogP contribution is -2.28. The fourth-order valence-electron chi connectivity index (χ4n) is 1.85. The topological polar surface area (TPSA) is 98.7 Å². The Labute approximate surface area is 117 Å². The molecular formula is C13H18N6O. The second-order valence-electron chi connectivity index (χ2n) is 4.35. The Kier molecular flexibility index (Phi) is 4.78. The molecular weight excluding hydrogens is 256 g/mol. The Bertz CT molecular complexity index is 580. The van der Waals surface area contributed by atoms with E-state index in [-0.39, 0.29) is 12.5 Å². The van der Waals surface area contributed by atoms with Crippen LogP contribution >= 0.6 is 0 Å². The van der Waals surface area contributed by atoms with Crippen LogP contribution in [0.3, 0.4) is 0 Å². The van der Waals surface area contributed by atoms with Gasteiger partial charge >= 0.3 is 0 Å². The number of carbonyl (C=O) groups is 1. The molecule has 20 heavy (non-hydrogen) atoms. The molecule has 1 amide bonds. The van der Waals surface area contributed by atoms with Gasteiger partial charge in [-0.25, -0.2) is 4.68 Å². The highest BCUT2D eigenvalue weighted by molar-refractivity contribution is 5.75. The van der Waals surface area contributed by atoms with Gasteiger partial charge in [-0.1, -0.05) is 18.2 Å². The summed E-state index contributed by atoms with van der Waals surface area (Å²) >= 11 is 0. The number of hydrogen-bond acceptors (Lipinski definition) is 5. The molecule has 0 fully saturated rings. The highest BCUT2D eigenvalue weighted by Gasteiger charge is 2.07. The zero-order valence-corrected chi connectivity index (χ0v) is 11.4. The van der Waals surface area contributed by atoms with Crippen LogP contribution in [0.5, 0.6) is 0 Å². The third-order valence-electron chi connectivity index (χ3n) is 2.92. The molecule has 0 aliphatic carbocycles. The number of aromatic nitrogens is 4. The summed E-state index contributed by atoms with van der Waals surface area (Å²) in [6.07, 6.45) is 4.28. The zero-order valence-electron chi connectivity index (χ0n) is 11.4. The molecule has 0 spiro atoms. The van der Waals surface area contributed by atoms with E-state index >= 15 is 0 Å². The summed E-state index contributed by atoms with van der Waals surface area (Å²) in [5.41, 5.74) is 8.13. The van der Waals surface area contributed by atoms with Gasteiger partial charge in [0.1, 0.15) is 6.54 Å². The van der Waals surface area contributed by atoms with Crippen LogP contribution in [0.1, 0.15) is 23.9 Å². The summed E-state index contributed by atoms with van der Waals surface area (Å²) in [5, 5.41) is 10.5. The minimum Gasteiger partial charge on any atom is -0.349 e. The van der Waals surface area contributed by atoms with Gasteiger partial charge in [-0.3, -0.25) is 9.78 Å². The van der Waals surface area contributed by atoms with E-state index in [2.05, 4.69) is 27.5 Å². The molecule has 3 N–H and O–H groups in total. The van der Waals surface area contributed by atoms with E-state index in [1.165, 1.54) is 4.68 Å². The smallest absolute Gasteiger partial charge is 0.242 e. The van der Waals surface area contributed by atoms with Crippen LogP contribution in [-0.2, 0) is 30.8 Å². The number of nitrogens with zero attached hydrogens (tertiary/aromatic N) is 4. The van der Waals surface area contributed by atoms with Crippen molar-refractivity contribution >= 4 is 5.91 Å². The van der Waals surface area contributed by atoms with Crippen molar-refractivity contribution in [3.8, 4) is 0 Å². The first-order valence-corrected chi connectivity index (χ1v) is 6.51. The van der Waals surface area contributed by atoms with Crippen LogP contribution in [-0.4, -0.2) is 25.9 Å². The zero-order chi connectivity index (χ0) is 14.4. The molecule has 0 unspecified atom stereocenters. The highest BCUT2D eigenvalue weighted by atomic mass is 16.2. The van der Waals surface area contributed by atoms with Gasteiger partial charge in [-0.05, 0) is 18.1 Å². The Morgan fingerprint density at radius 1 is 1.50 bits per heavy atom. The average Bonchev–Trinajstić information content (AvgIpc) is 2.93. The molecule has 7 heteroatoms. The van der Waals surface area contributed by atoms with Crippen LogP contribution in [0.4, 0.5) is 0 Å². The lowest BCUT2D eigenvalue weighted by Gasteiger charge is -2.08.